The molecule has 0 saturated heterocycles. The maximum Gasteiger partial charge on any atom is -0.0134 e. The second kappa shape index (κ2) is 2.12. The molecule has 2 unspecified atom stereocenters. The Morgan fingerprint density at radius 3 is 2.09 bits per heavy atom. The van der Waals surface area contributed by atoms with Crippen LogP contribution in [-0.2, 0) is 0 Å². The van der Waals surface area contributed by atoms with E-state index in [1.165, 1.54) is 38.5 Å². The third-order valence-electron chi connectivity index (χ3n) is 3.56. The highest BCUT2D eigenvalue weighted by Gasteiger charge is 2.45. The molecule has 0 heterocycles. The van der Waals surface area contributed by atoms with Crippen molar-refractivity contribution in [1.29, 1.82) is 0 Å². The molecule has 0 aliphatic heterocycles. The Morgan fingerprint density at radius 2 is 1.55 bits per heavy atom. The molecule has 0 aromatic heterocycles. The third-order valence-corrected chi connectivity index (χ3v) is 3.56. The van der Waals surface area contributed by atoms with Crippen LogP contribution in [-0.4, -0.2) is 0 Å². The van der Waals surface area contributed by atoms with Gasteiger partial charge in [0.1, 0.15) is 0 Å². The molecule has 11 heavy (non-hydrogen) atoms. The zero-order chi connectivity index (χ0) is 7.26. The van der Waals surface area contributed by atoms with Gasteiger partial charge in [0.05, 0.1) is 0 Å². The minimum atomic E-state index is 1.02. The number of rotatable bonds is 1. The fourth-order valence-electron chi connectivity index (χ4n) is 2.65. The molecule has 3 rings (SSSR count). The first-order valence-electron chi connectivity index (χ1n) is 5.17. The maximum atomic E-state index is 2.61. The molecule has 0 aromatic rings. The summed E-state index contributed by atoms with van der Waals surface area (Å²) in [6.45, 7) is 0. The number of hydrogen-bond donors (Lipinski definition) is 0. The van der Waals surface area contributed by atoms with Gasteiger partial charge in [-0.1, -0.05) is 24.5 Å². The SMILES string of the molecule is C(=C1C2CCCCC12)C1CC1. The molecule has 3 aliphatic rings. The lowest BCUT2D eigenvalue weighted by molar-refractivity contribution is 0.480. The largest absolute Gasteiger partial charge is 0.0816 e. The molecule has 0 aromatic carbocycles. The summed E-state index contributed by atoms with van der Waals surface area (Å²) < 4.78 is 0. The van der Waals surface area contributed by atoms with Gasteiger partial charge in [-0.2, -0.15) is 0 Å². The molecule has 0 amide bonds. The molecular formula is C11H16. The molecule has 0 radical (unpaired) electrons. The molecule has 0 bridgehead atoms. The zero-order valence-corrected chi connectivity index (χ0v) is 7.05. The molecule has 3 aliphatic carbocycles. The van der Waals surface area contributed by atoms with E-state index in [0.717, 1.165) is 17.8 Å². The molecule has 60 valence electrons. The average Bonchev–Trinajstić information content (AvgIpc) is 2.91. The van der Waals surface area contributed by atoms with Gasteiger partial charge >= 0.3 is 0 Å². The fraction of sp³-hybridized carbons (Fsp3) is 0.818. The van der Waals surface area contributed by atoms with Crippen LogP contribution in [0.4, 0.5) is 0 Å². The topological polar surface area (TPSA) is 0 Å². The Labute approximate surface area is 68.7 Å². The zero-order valence-electron chi connectivity index (χ0n) is 7.05. The quantitative estimate of drug-likeness (QED) is 0.501. The predicted molar refractivity (Wildman–Crippen MR) is 46.3 cm³/mol. The van der Waals surface area contributed by atoms with Crippen molar-refractivity contribution in [3.05, 3.63) is 11.6 Å². The van der Waals surface area contributed by atoms with E-state index in [0.29, 0.717) is 0 Å². The van der Waals surface area contributed by atoms with E-state index in [4.69, 9.17) is 0 Å². The lowest BCUT2D eigenvalue weighted by Gasteiger charge is -2.04. The van der Waals surface area contributed by atoms with Crippen molar-refractivity contribution in [3.63, 3.8) is 0 Å². The highest BCUT2D eigenvalue weighted by atomic mass is 14.5. The second-order valence-corrected chi connectivity index (χ2v) is 4.50. The number of hydrogen-bond acceptors (Lipinski definition) is 0. The van der Waals surface area contributed by atoms with Crippen LogP contribution >= 0.6 is 0 Å². The van der Waals surface area contributed by atoms with E-state index >= 15 is 0 Å². The monoisotopic (exact) mass is 148 g/mol. The number of fused-ring (bicyclic) bond motifs is 1. The van der Waals surface area contributed by atoms with Crippen LogP contribution in [0.5, 0.6) is 0 Å². The van der Waals surface area contributed by atoms with E-state index < -0.39 is 0 Å². The van der Waals surface area contributed by atoms with E-state index in [1.54, 1.807) is 0 Å². The lowest BCUT2D eigenvalue weighted by Crippen LogP contribution is -1.91. The molecule has 3 fully saturated rings. The van der Waals surface area contributed by atoms with Crippen LogP contribution in [0.3, 0.4) is 0 Å². The normalized spacial score (nSPS) is 41.6. The van der Waals surface area contributed by atoms with E-state index in [9.17, 15) is 0 Å². The van der Waals surface area contributed by atoms with Crippen LogP contribution in [0, 0.1) is 17.8 Å². The summed E-state index contributed by atoms with van der Waals surface area (Å²) >= 11 is 0. The highest BCUT2D eigenvalue weighted by molar-refractivity contribution is 5.32. The first-order chi connectivity index (χ1) is 5.45. The van der Waals surface area contributed by atoms with Crippen LogP contribution < -0.4 is 0 Å². The Morgan fingerprint density at radius 1 is 0.909 bits per heavy atom. The van der Waals surface area contributed by atoms with Crippen LogP contribution in [0.15, 0.2) is 11.6 Å². The van der Waals surface area contributed by atoms with E-state index in [1.807, 2.05) is 5.57 Å². The predicted octanol–water partition coefficient (Wildman–Crippen LogP) is 3.14. The molecule has 3 saturated carbocycles. The minimum absolute atomic E-state index is 1.02. The molecular weight excluding hydrogens is 132 g/mol. The molecule has 0 N–H and O–H groups in total. The second-order valence-electron chi connectivity index (χ2n) is 4.50. The van der Waals surface area contributed by atoms with Gasteiger partial charge in [-0.3, -0.25) is 0 Å². The van der Waals surface area contributed by atoms with Gasteiger partial charge in [0.25, 0.3) is 0 Å². The van der Waals surface area contributed by atoms with E-state index in [-0.39, 0.29) is 0 Å². The molecule has 0 nitrogen and oxygen atoms in total. The molecule has 0 spiro atoms. The number of allylic oxidation sites excluding steroid dienone is 2. The Kier molecular flexibility index (Phi) is 1.21. The van der Waals surface area contributed by atoms with Crippen molar-refractivity contribution in [2.75, 3.05) is 0 Å². The van der Waals surface area contributed by atoms with Crippen molar-refractivity contribution in [1.82, 2.24) is 0 Å². The highest BCUT2D eigenvalue weighted by Crippen LogP contribution is 2.56. The minimum Gasteiger partial charge on any atom is -0.0816 e. The Hall–Kier alpha value is -0.260. The standard InChI is InChI=1S/C11H16/c1-2-4-10-9(3-1)11(10)7-8-5-6-8/h7-10H,1-6H2. The van der Waals surface area contributed by atoms with Gasteiger partial charge in [-0.15, -0.1) is 0 Å². The average molecular weight is 148 g/mol. The first-order valence-corrected chi connectivity index (χ1v) is 5.17. The smallest absolute Gasteiger partial charge is 0.0134 e. The van der Waals surface area contributed by atoms with Crippen molar-refractivity contribution in [2.45, 2.75) is 38.5 Å². The van der Waals surface area contributed by atoms with Crippen molar-refractivity contribution >= 4 is 0 Å². The van der Waals surface area contributed by atoms with E-state index in [2.05, 4.69) is 6.08 Å². The van der Waals surface area contributed by atoms with Crippen molar-refractivity contribution in [2.24, 2.45) is 17.8 Å². The lowest BCUT2D eigenvalue weighted by atomic mass is 10.0. The first kappa shape index (κ1) is 6.28. The van der Waals surface area contributed by atoms with Crippen LogP contribution in [0.1, 0.15) is 38.5 Å². The summed E-state index contributed by atoms with van der Waals surface area (Å²) in [7, 11) is 0. The van der Waals surface area contributed by atoms with Gasteiger partial charge in [-0.05, 0) is 43.4 Å². The third kappa shape index (κ3) is 1.04. The van der Waals surface area contributed by atoms with Crippen LogP contribution in [0.25, 0.3) is 0 Å². The summed E-state index contributed by atoms with van der Waals surface area (Å²) in [6.07, 6.45) is 11.6. The van der Waals surface area contributed by atoms with Gasteiger partial charge in [0.15, 0.2) is 0 Å². The summed E-state index contributed by atoms with van der Waals surface area (Å²) in [6, 6.07) is 0. The van der Waals surface area contributed by atoms with Gasteiger partial charge in [0.2, 0.25) is 0 Å². The summed E-state index contributed by atoms with van der Waals surface area (Å²) in [4.78, 5) is 0. The fourth-order valence-corrected chi connectivity index (χ4v) is 2.65. The summed E-state index contributed by atoms with van der Waals surface area (Å²) in [5.74, 6) is 3.17. The van der Waals surface area contributed by atoms with Crippen molar-refractivity contribution in [3.8, 4) is 0 Å². The van der Waals surface area contributed by atoms with Gasteiger partial charge < -0.3 is 0 Å². The molecule has 0 heteroatoms. The van der Waals surface area contributed by atoms with Gasteiger partial charge in [0, 0.05) is 0 Å². The van der Waals surface area contributed by atoms with Crippen LogP contribution in [0.2, 0.25) is 0 Å². The maximum absolute atomic E-state index is 2.61. The summed E-state index contributed by atoms with van der Waals surface area (Å²) in [5.41, 5.74) is 1.87. The Balaban J connectivity index is 1.72. The van der Waals surface area contributed by atoms with Gasteiger partial charge in [-0.25, -0.2) is 0 Å². The molecule has 2 atom stereocenters. The van der Waals surface area contributed by atoms with Crippen molar-refractivity contribution < 1.29 is 0 Å². The Bertz CT molecular complexity index is 184. The summed E-state index contributed by atoms with van der Waals surface area (Å²) in [5, 5.41) is 0.